The van der Waals surface area contributed by atoms with Gasteiger partial charge in [0.25, 0.3) is 5.91 Å². The molecule has 0 spiro atoms. The van der Waals surface area contributed by atoms with E-state index in [-0.39, 0.29) is 23.5 Å². The molecule has 2 aromatic rings. The van der Waals surface area contributed by atoms with Gasteiger partial charge >= 0.3 is 0 Å². The molecule has 1 aromatic heterocycles. The molecule has 1 aromatic carbocycles. The van der Waals surface area contributed by atoms with Crippen molar-refractivity contribution in [2.24, 2.45) is 0 Å². The number of hydrogen-bond acceptors (Lipinski definition) is 5. The van der Waals surface area contributed by atoms with E-state index in [4.69, 9.17) is 0 Å². The Labute approximate surface area is 169 Å². The summed E-state index contributed by atoms with van der Waals surface area (Å²) in [5.74, 6) is -0.996. The van der Waals surface area contributed by atoms with Crippen LogP contribution in [0.5, 0.6) is 0 Å². The maximum Gasteiger partial charge on any atom is 0.290 e. The van der Waals surface area contributed by atoms with Crippen LogP contribution in [0.2, 0.25) is 0 Å². The number of thiophene rings is 1. The van der Waals surface area contributed by atoms with Crippen LogP contribution in [0.15, 0.2) is 59.2 Å². The predicted octanol–water partition coefficient (Wildman–Crippen LogP) is 3.60. The Kier molecular flexibility index (Phi) is 6.65. The lowest BCUT2D eigenvalue weighted by atomic mass is 9.97. The van der Waals surface area contributed by atoms with Gasteiger partial charge in [-0.05, 0) is 50.5 Å². The Morgan fingerprint density at radius 2 is 1.93 bits per heavy atom. The number of aliphatic hydroxyl groups excluding tert-OH is 1. The van der Waals surface area contributed by atoms with E-state index in [2.05, 4.69) is 4.90 Å². The first-order valence-electron chi connectivity index (χ1n) is 9.48. The molecule has 0 aliphatic carbocycles. The highest BCUT2D eigenvalue weighted by atomic mass is 32.1. The Hall–Kier alpha value is -2.44. The number of carbonyl (C=O) groups is 2. The summed E-state index contributed by atoms with van der Waals surface area (Å²) in [6.07, 6.45) is 1.63. The summed E-state index contributed by atoms with van der Waals surface area (Å²) in [6, 6.07) is 13.1. The molecule has 1 unspecified atom stereocenters. The number of benzene rings is 1. The van der Waals surface area contributed by atoms with Gasteiger partial charge in [0, 0.05) is 17.8 Å². The van der Waals surface area contributed by atoms with Crippen LogP contribution >= 0.6 is 11.3 Å². The fraction of sp³-hybridized carbons (Fsp3) is 0.364. The van der Waals surface area contributed by atoms with Gasteiger partial charge < -0.3 is 14.9 Å². The van der Waals surface area contributed by atoms with Gasteiger partial charge in [-0.1, -0.05) is 36.4 Å². The fourth-order valence-corrected chi connectivity index (χ4v) is 4.35. The first-order valence-corrected chi connectivity index (χ1v) is 10.4. The number of ketones is 1. The third-order valence-electron chi connectivity index (χ3n) is 4.90. The molecule has 28 heavy (non-hydrogen) atoms. The zero-order valence-corrected chi connectivity index (χ0v) is 17.1. The van der Waals surface area contributed by atoms with E-state index in [1.54, 1.807) is 4.90 Å². The number of aryl methyl sites for hydroxylation is 1. The second-order valence-corrected chi connectivity index (χ2v) is 8.22. The van der Waals surface area contributed by atoms with E-state index in [9.17, 15) is 14.7 Å². The number of rotatable bonds is 9. The highest BCUT2D eigenvalue weighted by Gasteiger charge is 2.43. The average molecular weight is 399 g/mol. The zero-order valence-electron chi connectivity index (χ0n) is 16.3. The first kappa shape index (κ1) is 20.3. The number of Topliss-reactive ketones (excluding diaryl/α,β-unsaturated/α-hetero) is 1. The number of amides is 1. The van der Waals surface area contributed by atoms with Crippen LogP contribution in [0.25, 0.3) is 0 Å². The lowest BCUT2D eigenvalue weighted by Gasteiger charge is -2.26. The van der Waals surface area contributed by atoms with Gasteiger partial charge in [0.2, 0.25) is 0 Å². The van der Waals surface area contributed by atoms with Crippen LogP contribution < -0.4 is 0 Å². The molecular formula is C22H26N2O3S. The third-order valence-corrected chi connectivity index (χ3v) is 5.83. The molecule has 1 N–H and O–H groups in total. The summed E-state index contributed by atoms with van der Waals surface area (Å²) >= 11 is 1.50. The minimum absolute atomic E-state index is 0.164. The van der Waals surface area contributed by atoms with E-state index in [1.807, 2.05) is 61.9 Å². The van der Waals surface area contributed by atoms with Crippen molar-refractivity contribution in [3.8, 4) is 0 Å². The highest BCUT2D eigenvalue weighted by Crippen LogP contribution is 2.40. The van der Waals surface area contributed by atoms with Crippen molar-refractivity contribution in [1.29, 1.82) is 0 Å². The monoisotopic (exact) mass is 398 g/mol. The minimum Gasteiger partial charge on any atom is -0.503 e. The largest absolute Gasteiger partial charge is 0.503 e. The predicted molar refractivity (Wildman–Crippen MR) is 111 cm³/mol. The molecule has 2 heterocycles. The third kappa shape index (κ3) is 4.51. The molecule has 0 bridgehead atoms. The normalized spacial score (nSPS) is 17.0. The van der Waals surface area contributed by atoms with E-state index >= 15 is 0 Å². The lowest BCUT2D eigenvalue weighted by Crippen LogP contribution is -2.33. The second-order valence-electron chi connectivity index (χ2n) is 7.24. The van der Waals surface area contributed by atoms with E-state index < -0.39 is 11.9 Å². The minimum atomic E-state index is -0.488. The molecule has 0 fully saturated rings. The number of aliphatic hydroxyl groups is 1. The molecule has 1 aliphatic rings. The molecule has 3 rings (SSSR count). The SMILES string of the molecule is CN(C)CCCN1C(=O)C(O)=C(C(=O)CCc2ccccc2)C1c1cccs1. The summed E-state index contributed by atoms with van der Waals surface area (Å²) in [5.41, 5.74) is 1.31. The van der Waals surface area contributed by atoms with Gasteiger partial charge in [0.1, 0.15) is 0 Å². The smallest absolute Gasteiger partial charge is 0.290 e. The van der Waals surface area contributed by atoms with Gasteiger partial charge in [-0.15, -0.1) is 11.3 Å². The average Bonchev–Trinajstić information content (AvgIpc) is 3.29. The fourth-order valence-electron chi connectivity index (χ4n) is 3.51. The summed E-state index contributed by atoms with van der Waals surface area (Å²) in [6.45, 7) is 1.33. The number of carbonyl (C=O) groups excluding carboxylic acids is 2. The van der Waals surface area contributed by atoms with Crippen molar-refractivity contribution >= 4 is 23.0 Å². The molecule has 1 atom stereocenters. The summed E-state index contributed by atoms with van der Waals surface area (Å²) in [5, 5.41) is 12.5. The van der Waals surface area contributed by atoms with E-state index in [1.165, 1.54) is 11.3 Å². The molecule has 1 aliphatic heterocycles. The van der Waals surface area contributed by atoms with Gasteiger partial charge in [-0.25, -0.2) is 0 Å². The van der Waals surface area contributed by atoms with Gasteiger partial charge in [0.15, 0.2) is 11.5 Å². The molecule has 0 saturated heterocycles. The molecular weight excluding hydrogens is 372 g/mol. The molecule has 0 radical (unpaired) electrons. The van der Waals surface area contributed by atoms with Crippen molar-refractivity contribution < 1.29 is 14.7 Å². The Bertz CT molecular complexity index is 844. The van der Waals surface area contributed by atoms with Gasteiger partial charge in [0.05, 0.1) is 11.6 Å². The van der Waals surface area contributed by atoms with Crippen molar-refractivity contribution in [2.45, 2.75) is 25.3 Å². The van der Waals surface area contributed by atoms with Crippen molar-refractivity contribution in [3.05, 3.63) is 69.6 Å². The first-order chi connectivity index (χ1) is 13.5. The molecule has 148 valence electrons. The Morgan fingerprint density at radius 3 is 2.57 bits per heavy atom. The quantitative estimate of drug-likeness (QED) is 0.701. The van der Waals surface area contributed by atoms with E-state index in [0.29, 0.717) is 13.0 Å². The summed E-state index contributed by atoms with van der Waals surface area (Å²) < 4.78 is 0. The van der Waals surface area contributed by atoms with Crippen LogP contribution in [0, 0.1) is 0 Å². The van der Waals surface area contributed by atoms with Crippen molar-refractivity contribution in [1.82, 2.24) is 9.80 Å². The van der Waals surface area contributed by atoms with Gasteiger partial charge in [-0.3, -0.25) is 9.59 Å². The topological polar surface area (TPSA) is 60.9 Å². The number of hydrogen-bond donors (Lipinski definition) is 1. The zero-order chi connectivity index (χ0) is 20.1. The van der Waals surface area contributed by atoms with E-state index in [0.717, 1.165) is 23.4 Å². The Balaban J connectivity index is 1.80. The molecule has 1 amide bonds. The maximum atomic E-state index is 13.0. The lowest BCUT2D eigenvalue weighted by molar-refractivity contribution is -0.129. The summed E-state index contributed by atoms with van der Waals surface area (Å²) in [4.78, 5) is 30.3. The second kappa shape index (κ2) is 9.17. The molecule has 6 heteroatoms. The van der Waals surface area contributed by atoms with Crippen LogP contribution in [0.1, 0.15) is 29.3 Å². The maximum absolute atomic E-state index is 13.0. The van der Waals surface area contributed by atoms with Gasteiger partial charge in [-0.2, -0.15) is 0 Å². The molecule has 5 nitrogen and oxygen atoms in total. The van der Waals surface area contributed by atoms with Crippen LogP contribution in [0.4, 0.5) is 0 Å². The van der Waals surface area contributed by atoms with Crippen LogP contribution in [-0.4, -0.2) is 53.8 Å². The van der Waals surface area contributed by atoms with Crippen molar-refractivity contribution in [2.75, 3.05) is 27.2 Å². The molecule has 0 saturated carbocycles. The Morgan fingerprint density at radius 1 is 1.18 bits per heavy atom. The van der Waals surface area contributed by atoms with Crippen LogP contribution in [-0.2, 0) is 16.0 Å². The number of nitrogens with zero attached hydrogens (tertiary/aromatic N) is 2. The highest BCUT2D eigenvalue weighted by molar-refractivity contribution is 7.10. The standard InChI is InChI=1S/C22H26N2O3S/c1-23(2)13-7-14-24-20(18-10-6-15-28-18)19(21(26)22(24)27)17(25)12-11-16-8-4-3-5-9-16/h3-6,8-10,15,20,26H,7,11-14H2,1-2H3. The van der Waals surface area contributed by atoms with Crippen LogP contribution in [0.3, 0.4) is 0 Å². The summed E-state index contributed by atoms with van der Waals surface area (Å²) in [7, 11) is 3.97. The van der Waals surface area contributed by atoms with Crippen molar-refractivity contribution in [3.63, 3.8) is 0 Å².